The minimum absolute atomic E-state index is 0.0396. The maximum absolute atomic E-state index is 12.1. The predicted octanol–water partition coefficient (Wildman–Crippen LogP) is 4.13. The molecule has 0 bridgehead atoms. The molecule has 0 aromatic rings. The normalized spacial score (nSPS) is 25.5. The van der Waals surface area contributed by atoms with E-state index < -0.39 is 14.2 Å². The Morgan fingerprint density at radius 3 is 2.52 bits per heavy atom. The molecule has 0 amide bonds. The summed E-state index contributed by atoms with van der Waals surface area (Å²) in [4.78, 5) is 24.2. The van der Waals surface area contributed by atoms with Gasteiger partial charge in [-0.15, -0.1) is 0 Å². The summed E-state index contributed by atoms with van der Waals surface area (Å²) < 4.78 is 17.0. The van der Waals surface area contributed by atoms with Gasteiger partial charge in [-0.3, -0.25) is 9.59 Å². The average Bonchev–Trinajstić information content (AvgIpc) is 3.05. The third kappa shape index (κ3) is 5.52. The van der Waals surface area contributed by atoms with Crippen molar-refractivity contribution in [3.8, 4) is 0 Å². The van der Waals surface area contributed by atoms with Gasteiger partial charge in [-0.05, 0) is 49.7 Å². The van der Waals surface area contributed by atoms with Gasteiger partial charge in [0.15, 0.2) is 8.32 Å². The van der Waals surface area contributed by atoms with Crippen LogP contribution in [0.2, 0.25) is 18.1 Å². The lowest BCUT2D eigenvalue weighted by Crippen LogP contribution is -2.41. The van der Waals surface area contributed by atoms with Crippen LogP contribution in [0, 0.1) is 17.8 Å². The number of carbonyl (C=O) groups is 2. The fourth-order valence-corrected chi connectivity index (χ4v) is 4.75. The van der Waals surface area contributed by atoms with E-state index in [4.69, 9.17) is 13.9 Å². The summed E-state index contributed by atoms with van der Waals surface area (Å²) in [7, 11) is -1.71. The lowest BCUT2D eigenvalue weighted by molar-refractivity contribution is -0.152. The Morgan fingerprint density at radius 1 is 1.19 bits per heavy atom. The second kappa shape index (κ2) is 9.01. The molecular formula is C21H36O5Si. The molecule has 1 fully saturated rings. The van der Waals surface area contributed by atoms with Crippen molar-refractivity contribution >= 4 is 20.1 Å². The summed E-state index contributed by atoms with van der Waals surface area (Å²) in [5.74, 6) is -0.582. The molecule has 0 unspecified atom stereocenters. The van der Waals surface area contributed by atoms with E-state index in [1.165, 1.54) is 5.57 Å². The highest BCUT2D eigenvalue weighted by atomic mass is 28.4. The van der Waals surface area contributed by atoms with E-state index in [0.717, 1.165) is 12.8 Å². The van der Waals surface area contributed by atoms with Crippen LogP contribution in [0.5, 0.6) is 0 Å². The van der Waals surface area contributed by atoms with Gasteiger partial charge >= 0.3 is 5.97 Å². The third-order valence-corrected chi connectivity index (χ3v) is 10.9. The van der Waals surface area contributed by atoms with E-state index in [1.54, 1.807) is 6.92 Å². The first kappa shape index (κ1) is 22.3. The number of hydrogen-bond donors (Lipinski definition) is 0. The lowest BCUT2D eigenvalue weighted by Gasteiger charge is -2.36. The lowest BCUT2D eigenvalue weighted by atomic mass is 9.90. The summed E-state index contributed by atoms with van der Waals surface area (Å²) in [6.07, 6.45) is 4.33. The van der Waals surface area contributed by atoms with Crippen LogP contribution in [0.4, 0.5) is 0 Å². The van der Waals surface area contributed by atoms with Crippen LogP contribution in [0.3, 0.4) is 0 Å². The second-order valence-electron chi connectivity index (χ2n) is 9.23. The van der Waals surface area contributed by atoms with Crippen molar-refractivity contribution in [1.82, 2.24) is 0 Å². The standard InChI is InChI=1S/C21H36O5Si/c1-7-25-20(23)19-17-13-15(12-16(17)14-18(19)22)8-9-24-10-11-26-27(5,6)21(2,3)4/h12,16-17,19H,7-11,13-14H2,1-6H3/t16-,17-,19+/m1/s1. The van der Waals surface area contributed by atoms with Crippen LogP contribution in [0.15, 0.2) is 11.6 Å². The molecule has 1 saturated carbocycles. The highest BCUT2D eigenvalue weighted by molar-refractivity contribution is 6.74. The Bertz CT molecular complexity index is 576. The number of carbonyl (C=O) groups excluding carboxylic acids is 2. The zero-order chi connectivity index (χ0) is 20.2. The Labute approximate surface area is 165 Å². The van der Waals surface area contributed by atoms with Gasteiger partial charge in [0.1, 0.15) is 11.7 Å². The van der Waals surface area contributed by atoms with Gasteiger partial charge in [0.2, 0.25) is 0 Å². The predicted molar refractivity (Wildman–Crippen MR) is 108 cm³/mol. The highest BCUT2D eigenvalue weighted by Gasteiger charge is 2.48. The monoisotopic (exact) mass is 396 g/mol. The first-order valence-corrected chi connectivity index (χ1v) is 13.1. The smallest absolute Gasteiger partial charge is 0.316 e. The molecule has 2 aliphatic rings. The number of hydrogen-bond acceptors (Lipinski definition) is 5. The van der Waals surface area contributed by atoms with Crippen LogP contribution in [0.25, 0.3) is 0 Å². The summed E-state index contributed by atoms with van der Waals surface area (Å²) >= 11 is 0. The molecule has 2 rings (SSSR count). The molecule has 3 atom stereocenters. The Hall–Kier alpha value is -0.983. The maximum atomic E-state index is 12.1. The third-order valence-electron chi connectivity index (χ3n) is 6.31. The zero-order valence-electron chi connectivity index (χ0n) is 17.8. The van der Waals surface area contributed by atoms with Crippen LogP contribution in [-0.4, -0.2) is 46.5 Å². The molecular weight excluding hydrogens is 360 g/mol. The number of fused-ring (bicyclic) bond motifs is 1. The Kier molecular flexibility index (Phi) is 7.45. The SMILES string of the molecule is CCOC(=O)[C@@H]1C(=O)C[C@H]2C=C(CCOCCO[Si](C)(C)C(C)(C)C)C[C@@H]12. The van der Waals surface area contributed by atoms with Gasteiger partial charge in [0.25, 0.3) is 0 Å². The van der Waals surface area contributed by atoms with Crippen LogP contribution >= 0.6 is 0 Å². The van der Waals surface area contributed by atoms with Crippen molar-refractivity contribution in [1.29, 1.82) is 0 Å². The molecule has 0 aromatic carbocycles. The highest BCUT2D eigenvalue weighted by Crippen LogP contribution is 2.46. The van der Waals surface area contributed by atoms with Gasteiger partial charge < -0.3 is 13.9 Å². The van der Waals surface area contributed by atoms with Crippen molar-refractivity contribution < 1.29 is 23.5 Å². The van der Waals surface area contributed by atoms with E-state index >= 15 is 0 Å². The van der Waals surface area contributed by atoms with E-state index in [2.05, 4.69) is 39.9 Å². The first-order valence-electron chi connectivity index (χ1n) is 10.2. The number of esters is 1. The van der Waals surface area contributed by atoms with Crippen LogP contribution in [-0.2, 0) is 23.5 Å². The zero-order valence-corrected chi connectivity index (χ0v) is 18.8. The topological polar surface area (TPSA) is 61.8 Å². The van der Waals surface area contributed by atoms with Gasteiger partial charge in [-0.25, -0.2) is 0 Å². The van der Waals surface area contributed by atoms with E-state index in [9.17, 15) is 9.59 Å². The van der Waals surface area contributed by atoms with E-state index in [0.29, 0.717) is 32.8 Å². The molecule has 0 radical (unpaired) electrons. The fraction of sp³-hybridized carbons (Fsp3) is 0.810. The average molecular weight is 397 g/mol. The van der Waals surface area contributed by atoms with Crippen LogP contribution < -0.4 is 0 Å². The van der Waals surface area contributed by atoms with Crippen molar-refractivity contribution in [3.63, 3.8) is 0 Å². The largest absolute Gasteiger partial charge is 0.465 e. The number of ketones is 1. The van der Waals surface area contributed by atoms with Crippen molar-refractivity contribution in [2.24, 2.45) is 17.8 Å². The molecule has 0 saturated heterocycles. The summed E-state index contributed by atoms with van der Waals surface area (Å²) in [5.41, 5.74) is 1.30. The number of allylic oxidation sites excluding steroid dienone is 1. The molecule has 27 heavy (non-hydrogen) atoms. The first-order chi connectivity index (χ1) is 12.6. The maximum Gasteiger partial charge on any atom is 0.316 e. The van der Waals surface area contributed by atoms with Gasteiger partial charge in [0.05, 0.1) is 26.4 Å². The van der Waals surface area contributed by atoms with E-state index in [1.807, 2.05) is 0 Å². The molecule has 5 nitrogen and oxygen atoms in total. The molecule has 2 aliphatic carbocycles. The summed E-state index contributed by atoms with van der Waals surface area (Å²) in [6.45, 7) is 15.2. The molecule has 0 heterocycles. The fourth-order valence-electron chi connectivity index (χ4n) is 3.72. The van der Waals surface area contributed by atoms with E-state index in [-0.39, 0.29) is 28.6 Å². The molecule has 0 N–H and O–H groups in total. The Morgan fingerprint density at radius 2 is 1.89 bits per heavy atom. The molecule has 0 spiro atoms. The molecule has 6 heteroatoms. The molecule has 0 aliphatic heterocycles. The number of ether oxygens (including phenoxy) is 2. The van der Waals surface area contributed by atoms with Gasteiger partial charge in [-0.2, -0.15) is 0 Å². The molecule has 0 aromatic heterocycles. The van der Waals surface area contributed by atoms with Gasteiger partial charge in [-0.1, -0.05) is 32.4 Å². The number of Topliss-reactive ketones (excluding diaryl/α,β-unsaturated/α-hetero) is 1. The van der Waals surface area contributed by atoms with Crippen LogP contribution in [0.1, 0.15) is 47.0 Å². The van der Waals surface area contributed by atoms with Crippen molar-refractivity contribution in [2.75, 3.05) is 26.4 Å². The minimum atomic E-state index is -1.71. The minimum Gasteiger partial charge on any atom is -0.465 e. The quantitative estimate of drug-likeness (QED) is 0.193. The number of rotatable bonds is 9. The summed E-state index contributed by atoms with van der Waals surface area (Å²) in [6, 6.07) is 0. The van der Waals surface area contributed by atoms with Gasteiger partial charge in [0, 0.05) is 6.42 Å². The van der Waals surface area contributed by atoms with Crippen molar-refractivity contribution in [3.05, 3.63) is 11.6 Å². The Balaban J connectivity index is 1.70. The second-order valence-corrected chi connectivity index (χ2v) is 14.0. The molecule has 154 valence electrons. The van der Waals surface area contributed by atoms with Crippen molar-refractivity contribution in [2.45, 2.75) is 65.1 Å². The summed E-state index contributed by atoms with van der Waals surface area (Å²) in [5, 5.41) is 0.215.